The second-order valence-electron chi connectivity index (χ2n) is 7.03. The first-order valence-electron chi connectivity index (χ1n) is 10.0. The van der Waals surface area contributed by atoms with Crippen LogP contribution in [0.2, 0.25) is 0 Å². The van der Waals surface area contributed by atoms with Crippen LogP contribution in [0, 0.1) is 0 Å². The minimum Gasteiger partial charge on any atom is -0.363 e. The van der Waals surface area contributed by atoms with Crippen LogP contribution in [0.5, 0.6) is 0 Å². The molecular weight excluding hydrogens is 396 g/mol. The molecule has 7 nitrogen and oxygen atoms in total. The zero-order chi connectivity index (χ0) is 20.3. The Kier molecular flexibility index (Phi) is 5.15. The molecule has 0 aliphatic carbocycles. The third-order valence-electron chi connectivity index (χ3n) is 5.08. The highest BCUT2D eigenvalue weighted by molar-refractivity contribution is 8.00. The maximum atomic E-state index is 5.55. The molecule has 4 aromatic rings. The van der Waals surface area contributed by atoms with E-state index in [1.165, 1.54) is 10.6 Å². The van der Waals surface area contributed by atoms with Gasteiger partial charge in [0.1, 0.15) is 0 Å². The number of aryl methyl sites for hydroxylation is 1. The molecule has 0 spiro atoms. The molecule has 8 heteroatoms. The predicted octanol–water partition coefficient (Wildman–Crippen LogP) is 4.56. The summed E-state index contributed by atoms with van der Waals surface area (Å²) < 4.78 is 7.86. The Bertz CT molecular complexity index is 1130. The van der Waals surface area contributed by atoms with Crippen LogP contribution in [0.1, 0.15) is 18.4 Å². The highest BCUT2D eigenvalue weighted by Gasteiger charge is 2.24. The van der Waals surface area contributed by atoms with Crippen molar-refractivity contribution in [3.63, 3.8) is 0 Å². The highest BCUT2D eigenvalue weighted by Crippen LogP contribution is 2.41. The van der Waals surface area contributed by atoms with E-state index in [0.29, 0.717) is 5.89 Å². The number of hydrogen-bond acceptors (Lipinski definition) is 7. The quantitative estimate of drug-likeness (QED) is 0.476. The Balaban J connectivity index is 1.49. The van der Waals surface area contributed by atoms with E-state index in [4.69, 9.17) is 4.52 Å². The van der Waals surface area contributed by atoms with Crippen molar-refractivity contribution in [3.05, 3.63) is 72.6 Å². The molecule has 5 rings (SSSR count). The number of nitrogens with one attached hydrogen (secondary N) is 1. The molecule has 152 valence electrons. The molecular formula is C22H22N6OS. The second-order valence-corrected chi connectivity index (χ2v) is 8.09. The van der Waals surface area contributed by atoms with Crippen molar-refractivity contribution >= 4 is 23.3 Å². The minimum absolute atomic E-state index is 0.564. The lowest BCUT2D eigenvalue weighted by Crippen LogP contribution is -2.29. The van der Waals surface area contributed by atoms with Gasteiger partial charge in [0, 0.05) is 25.7 Å². The van der Waals surface area contributed by atoms with E-state index in [9.17, 15) is 0 Å². The van der Waals surface area contributed by atoms with Crippen molar-refractivity contribution in [1.82, 2.24) is 20.1 Å². The van der Waals surface area contributed by atoms with E-state index in [2.05, 4.69) is 65.7 Å². The molecule has 1 N–H and O–H groups in total. The van der Waals surface area contributed by atoms with Gasteiger partial charge in [0.15, 0.2) is 5.82 Å². The Morgan fingerprint density at radius 1 is 1.07 bits per heavy atom. The lowest BCUT2D eigenvalue weighted by Gasteiger charge is -2.24. The summed E-state index contributed by atoms with van der Waals surface area (Å²) in [6.45, 7) is 4.50. The topological polar surface area (TPSA) is 74.1 Å². The van der Waals surface area contributed by atoms with E-state index in [-0.39, 0.29) is 0 Å². The van der Waals surface area contributed by atoms with Crippen LogP contribution in [0.4, 0.5) is 11.4 Å². The maximum absolute atomic E-state index is 5.55. The smallest absolute Gasteiger partial charge is 0.260 e. The summed E-state index contributed by atoms with van der Waals surface area (Å²) in [6.07, 6.45) is 4.43. The zero-order valence-corrected chi connectivity index (χ0v) is 17.5. The number of aromatic nitrogens is 4. The maximum Gasteiger partial charge on any atom is 0.260 e. The first-order valence-corrected chi connectivity index (χ1v) is 10.8. The Labute approximate surface area is 179 Å². The molecule has 0 radical (unpaired) electrons. The lowest BCUT2D eigenvalue weighted by atomic mass is 10.1. The predicted molar refractivity (Wildman–Crippen MR) is 118 cm³/mol. The molecule has 0 unspecified atom stereocenters. The van der Waals surface area contributed by atoms with Crippen molar-refractivity contribution in [2.75, 3.05) is 22.3 Å². The fourth-order valence-electron chi connectivity index (χ4n) is 3.58. The Morgan fingerprint density at radius 2 is 1.90 bits per heavy atom. The van der Waals surface area contributed by atoms with Gasteiger partial charge in [-0.2, -0.15) is 4.98 Å². The number of fused-ring (bicyclic) bond motifs is 1. The van der Waals surface area contributed by atoms with Gasteiger partial charge in [0.05, 0.1) is 40.4 Å². The van der Waals surface area contributed by atoms with Gasteiger partial charge in [0.25, 0.3) is 5.89 Å². The number of hydrogen-bond donors (Lipinski definition) is 1. The molecule has 0 fully saturated rings. The number of benzene rings is 2. The number of nitrogens with zero attached hydrogens (tertiary/aromatic N) is 5. The summed E-state index contributed by atoms with van der Waals surface area (Å²) in [7, 11) is 0. The third-order valence-corrected chi connectivity index (χ3v) is 6.22. The first kappa shape index (κ1) is 18.7. The van der Waals surface area contributed by atoms with Gasteiger partial charge < -0.3 is 18.7 Å². The van der Waals surface area contributed by atoms with E-state index < -0.39 is 0 Å². The average Bonchev–Trinajstić information content (AvgIpc) is 3.44. The van der Waals surface area contributed by atoms with Gasteiger partial charge in [-0.3, -0.25) is 0 Å². The Morgan fingerprint density at radius 3 is 2.70 bits per heavy atom. The monoisotopic (exact) mass is 418 g/mol. The van der Waals surface area contributed by atoms with Crippen molar-refractivity contribution in [1.29, 1.82) is 0 Å². The molecule has 1 aliphatic heterocycles. The summed E-state index contributed by atoms with van der Waals surface area (Å²) in [5.41, 5.74) is 4.28. The van der Waals surface area contributed by atoms with E-state index >= 15 is 0 Å². The summed E-state index contributed by atoms with van der Waals surface area (Å²) in [4.78, 5) is 15.6. The van der Waals surface area contributed by atoms with Gasteiger partial charge in [-0.25, -0.2) is 4.98 Å². The summed E-state index contributed by atoms with van der Waals surface area (Å²) in [6, 6.07) is 16.7. The van der Waals surface area contributed by atoms with Gasteiger partial charge in [0.2, 0.25) is 0 Å². The molecule has 0 amide bonds. The van der Waals surface area contributed by atoms with Crippen molar-refractivity contribution in [2.24, 2.45) is 0 Å². The lowest BCUT2D eigenvalue weighted by molar-refractivity contribution is 0.423. The number of rotatable bonds is 5. The fourth-order valence-corrected chi connectivity index (χ4v) is 4.68. The van der Waals surface area contributed by atoms with Gasteiger partial charge in [-0.1, -0.05) is 36.3 Å². The molecule has 0 bridgehead atoms. The molecule has 0 saturated carbocycles. The number of imidazole rings is 1. The van der Waals surface area contributed by atoms with Crippen LogP contribution in [0.25, 0.3) is 11.5 Å². The molecule has 3 heterocycles. The van der Waals surface area contributed by atoms with Gasteiger partial charge >= 0.3 is 0 Å². The number of para-hydroxylation sites is 2. The molecule has 2 aromatic heterocycles. The zero-order valence-electron chi connectivity index (χ0n) is 16.7. The van der Waals surface area contributed by atoms with Crippen molar-refractivity contribution in [2.45, 2.75) is 24.8 Å². The SMILES string of the molecule is CCc1noc(-c2ccccc2N2CCN(Cc3c[nH]cn3)c3ccccc3S2)n1. The Hall–Kier alpha value is -3.26. The van der Waals surface area contributed by atoms with Crippen LogP contribution in [0.15, 0.2) is 70.5 Å². The van der Waals surface area contributed by atoms with Gasteiger partial charge in [-0.15, -0.1) is 0 Å². The number of aromatic amines is 1. The van der Waals surface area contributed by atoms with Gasteiger partial charge in [-0.05, 0) is 36.2 Å². The van der Waals surface area contributed by atoms with Crippen molar-refractivity contribution < 1.29 is 4.52 Å². The summed E-state index contributed by atoms with van der Waals surface area (Å²) >= 11 is 1.74. The molecule has 0 saturated heterocycles. The average molecular weight is 419 g/mol. The largest absolute Gasteiger partial charge is 0.363 e. The molecule has 0 atom stereocenters. The van der Waals surface area contributed by atoms with E-state index in [0.717, 1.165) is 48.8 Å². The van der Waals surface area contributed by atoms with Crippen LogP contribution in [-0.2, 0) is 13.0 Å². The minimum atomic E-state index is 0.564. The summed E-state index contributed by atoms with van der Waals surface area (Å²) in [5.74, 6) is 1.29. The second kappa shape index (κ2) is 8.23. The standard InChI is InChI=1S/C22H22N6OS/c1-2-21-25-22(29-26-21)17-7-3-4-8-18(17)28-12-11-27(14-16-13-23-15-24-16)19-9-5-6-10-20(19)30-28/h3-10,13,15H,2,11-12,14H2,1H3,(H,23,24). The molecule has 30 heavy (non-hydrogen) atoms. The van der Waals surface area contributed by atoms with E-state index in [1.54, 1.807) is 18.3 Å². The first-order chi connectivity index (χ1) is 14.8. The van der Waals surface area contributed by atoms with Crippen LogP contribution >= 0.6 is 11.9 Å². The van der Waals surface area contributed by atoms with Crippen LogP contribution < -0.4 is 9.21 Å². The van der Waals surface area contributed by atoms with Crippen LogP contribution in [0.3, 0.4) is 0 Å². The van der Waals surface area contributed by atoms with E-state index in [1.807, 2.05) is 25.3 Å². The number of H-pyrrole nitrogens is 1. The molecule has 2 aromatic carbocycles. The fraction of sp³-hybridized carbons (Fsp3) is 0.227. The third kappa shape index (κ3) is 3.66. The summed E-state index contributed by atoms with van der Waals surface area (Å²) in [5, 5.41) is 4.08. The number of anilines is 2. The van der Waals surface area contributed by atoms with Crippen molar-refractivity contribution in [3.8, 4) is 11.5 Å². The van der Waals surface area contributed by atoms with Crippen LogP contribution in [-0.4, -0.2) is 33.2 Å². The molecule has 1 aliphatic rings. The highest BCUT2D eigenvalue weighted by atomic mass is 32.2. The normalized spacial score (nSPS) is 13.9.